The molecule has 2 heterocycles. The van der Waals surface area contributed by atoms with Gasteiger partial charge in [-0.2, -0.15) is 0 Å². The zero-order chi connectivity index (χ0) is 23.5. The van der Waals surface area contributed by atoms with Crippen LogP contribution in [0.3, 0.4) is 0 Å². The number of anilines is 1. The predicted octanol–water partition coefficient (Wildman–Crippen LogP) is 6.85. The smallest absolute Gasteiger partial charge is 0.227 e. The lowest BCUT2D eigenvalue weighted by atomic mass is 9.95. The van der Waals surface area contributed by atoms with Crippen molar-refractivity contribution in [2.45, 2.75) is 25.9 Å². The standard InChI is InChI=1S/C28H27Cl2N3O/c29-23-8-10-25(11-9-23)31-28(34)21-12-14-32(15-13-21)19-26-17-22-5-1-2-7-27(22)33(26)18-20-4-3-6-24(30)16-20/h1-11,16-17,21H,12-15,18-19H2,(H,31,34). The van der Waals surface area contributed by atoms with E-state index in [-0.39, 0.29) is 11.8 Å². The predicted molar refractivity (Wildman–Crippen MR) is 141 cm³/mol. The monoisotopic (exact) mass is 491 g/mol. The summed E-state index contributed by atoms with van der Waals surface area (Å²) in [7, 11) is 0. The van der Waals surface area contributed by atoms with E-state index in [1.54, 1.807) is 12.1 Å². The summed E-state index contributed by atoms with van der Waals surface area (Å²) in [6.07, 6.45) is 1.71. The van der Waals surface area contributed by atoms with Gasteiger partial charge in [-0.05, 0) is 85.4 Å². The lowest BCUT2D eigenvalue weighted by Crippen LogP contribution is -2.38. The van der Waals surface area contributed by atoms with Gasteiger partial charge in [0.05, 0.1) is 0 Å². The third-order valence-corrected chi connectivity index (χ3v) is 7.07. The number of carbonyl (C=O) groups excluding carboxylic acids is 1. The first-order valence-electron chi connectivity index (χ1n) is 11.7. The topological polar surface area (TPSA) is 37.3 Å². The van der Waals surface area contributed by atoms with Gasteiger partial charge < -0.3 is 9.88 Å². The molecular formula is C28H27Cl2N3O. The molecule has 5 rings (SSSR count). The zero-order valence-corrected chi connectivity index (χ0v) is 20.4. The van der Waals surface area contributed by atoms with Crippen LogP contribution < -0.4 is 5.32 Å². The highest BCUT2D eigenvalue weighted by Gasteiger charge is 2.26. The molecule has 1 amide bonds. The summed E-state index contributed by atoms with van der Waals surface area (Å²) in [5, 5.41) is 5.70. The summed E-state index contributed by atoms with van der Waals surface area (Å²) in [5.74, 6) is 0.126. The molecule has 34 heavy (non-hydrogen) atoms. The van der Waals surface area contributed by atoms with Gasteiger partial charge in [-0.3, -0.25) is 9.69 Å². The minimum atomic E-state index is 0.0317. The van der Waals surface area contributed by atoms with Crippen LogP contribution in [0.1, 0.15) is 24.1 Å². The van der Waals surface area contributed by atoms with Gasteiger partial charge in [0.25, 0.3) is 0 Å². The van der Waals surface area contributed by atoms with E-state index < -0.39 is 0 Å². The van der Waals surface area contributed by atoms with E-state index in [4.69, 9.17) is 23.2 Å². The number of piperidine rings is 1. The molecule has 0 bridgehead atoms. The molecule has 0 aliphatic carbocycles. The van der Waals surface area contributed by atoms with Gasteiger partial charge in [0.15, 0.2) is 0 Å². The maximum absolute atomic E-state index is 12.7. The van der Waals surface area contributed by atoms with Crippen molar-refractivity contribution >= 4 is 45.7 Å². The molecule has 1 aliphatic rings. The molecular weight excluding hydrogens is 465 g/mol. The number of benzene rings is 3. The number of amides is 1. The Balaban J connectivity index is 1.26. The van der Waals surface area contributed by atoms with Crippen molar-refractivity contribution < 1.29 is 4.79 Å². The number of hydrogen-bond donors (Lipinski definition) is 1. The normalized spacial score (nSPS) is 15.0. The van der Waals surface area contributed by atoms with Gasteiger partial charge in [0.2, 0.25) is 5.91 Å². The Labute approximate surface area is 210 Å². The molecule has 0 radical (unpaired) electrons. The Morgan fingerprint density at radius 3 is 2.38 bits per heavy atom. The maximum atomic E-state index is 12.7. The van der Waals surface area contributed by atoms with Crippen molar-refractivity contribution in [3.63, 3.8) is 0 Å². The summed E-state index contributed by atoms with van der Waals surface area (Å²) in [5.41, 5.74) is 4.50. The summed E-state index contributed by atoms with van der Waals surface area (Å²) >= 11 is 12.2. The van der Waals surface area contributed by atoms with Crippen LogP contribution >= 0.6 is 23.2 Å². The molecule has 1 N–H and O–H groups in total. The van der Waals surface area contributed by atoms with Gasteiger partial charge >= 0.3 is 0 Å². The van der Waals surface area contributed by atoms with Crippen molar-refractivity contribution in [1.82, 2.24) is 9.47 Å². The first-order valence-corrected chi connectivity index (χ1v) is 12.4. The van der Waals surface area contributed by atoms with E-state index in [0.717, 1.165) is 49.7 Å². The highest BCUT2D eigenvalue weighted by atomic mass is 35.5. The Kier molecular flexibility index (Phi) is 6.91. The van der Waals surface area contributed by atoms with Crippen LogP contribution in [0.15, 0.2) is 78.9 Å². The molecule has 0 saturated carbocycles. The van der Waals surface area contributed by atoms with Crippen LogP contribution in [0, 0.1) is 5.92 Å². The van der Waals surface area contributed by atoms with Gasteiger partial charge in [-0.1, -0.05) is 53.5 Å². The maximum Gasteiger partial charge on any atom is 0.227 e. The first kappa shape index (κ1) is 23.0. The quantitative estimate of drug-likeness (QED) is 0.320. The largest absolute Gasteiger partial charge is 0.339 e. The van der Waals surface area contributed by atoms with Gasteiger partial charge in [-0.25, -0.2) is 0 Å². The van der Waals surface area contributed by atoms with E-state index in [1.807, 2.05) is 30.3 Å². The number of likely N-dealkylation sites (tertiary alicyclic amines) is 1. The van der Waals surface area contributed by atoms with Crippen molar-refractivity contribution in [3.8, 4) is 0 Å². The molecule has 1 saturated heterocycles. The third-order valence-electron chi connectivity index (χ3n) is 6.58. The van der Waals surface area contributed by atoms with Crippen molar-refractivity contribution in [3.05, 3.63) is 100 Å². The lowest BCUT2D eigenvalue weighted by Gasteiger charge is -2.31. The second-order valence-corrected chi connectivity index (χ2v) is 9.83. The summed E-state index contributed by atoms with van der Waals surface area (Å²) < 4.78 is 2.39. The fourth-order valence-electron chi connectivity index (χ4n) is 4.76. The van der Waals surface area contributed by atoms with Crippen LogP contribution in [-0.4, -0.2) is 28.5 Å². The van der Waals surface area contributed by atoms with Gasteiger partial charge in [0, 0.05) is 46.0 Å². The Hall–Kier alpha value is -2.79. The molecule has 1 fully saturated rings. The Morgan fingerprint density at radius 1 is 0.853 bits per heavy atom. The summed E-state index contributed by atoms with van der Waals surface area (Å²) in [6.45, 7) is 3.44. The molecule has 0 spiro atoms. The van der Waals surface area contributed by atoms with Crippen LogP contribution in [0.4, 0.5) is 5.69 Å². The molecule has 0 unspecified atom stereocenters. The number of carbonyl (C=O) groups is 1. The minimum absolute atomic E-state index is 0.0317. The molecule has 6 heteroatoms. The molecule has 1 aliphatic heterocycles. The van der Waals surface area contributed by atoms with Crippen molar-refractivity contribution in [2.75, 3.05) is 18.4 Å². The second-order valence-electron chi connectivity index (χ2n) is 8.96. The van der Waals surface area contributed by atoms with E-state index in [1.165, 1.54) is 22.2 Å². The minimum Gasteiger partial charge on any atom is -0.339 e. The van der Waals surface area contributed by atoms with Crippen molar-refractivity contribution in [2.24, 2.45) is 5.92 Å². The number of halogens is 2. The van der Waals surface area contributed by atoms with Crippen LogP contribution in [0.2, 0.25) is 10.0 Å². The number of aromatic nitrogens is 1. The zero-order valence-electron chi connectivity index (χ0n) is 18.9. The molecule has 0 atom stereocenters. The van der Waals surface area contributed by atoms with E-state index in [2.05, 4.69) is 51.2 Å². The molecule has 4 aromatic rings. The number of fused-ring (bicyclic) bond motifs is 1. The number of para-hydroxylation sites is 1. The lowest BCUT2D eigenvalue weighted by molar-refractivity contribution is -0.121. The third kappa shape index (κ3) is 5.30. The molecule has 4 nitrogen and oxygen atoms in total. The number of hydrogen-bond acceptors (Lipinski definition) is 2. The number of nitrogens with one attached hydrogen (secondary N) is 1. The summed E-state index contributed by atoms with van der Waals surface area (Å²) in [6, 6.07) is 26.1. The van der Waals surface area contributed by atoms with Crippen LogP contribution in [-0.2, 0) is 17.9 Å². The van der Waals surface area contributed by atoms with Crippen LogP contribution in [0.5, 0.6) is 0 Å². The Bertz CT molecular complexity index is 1290. The van der Waals surface area contributed by atoms with E-state index in [9.17, 15) is 4.79 Å². The average Bonchev–Trinajstić information content (AvgIpc) is 3.18. The van der Waals surface area contributed by atoms with Gasteiger partial charge in [-0.15, -0.1) is 0 Å². The van der Waals surface area contributed by atoms with E-state index >= 15 is 0 Å². The highest BCUT2D eigenvalue weighted by Crippen LogP contribution is 2.26. The molecule has 3 aromatic carbocycles. The first-order chi connectivity index (χ1) is 16.5. The van der Waals surface area contributed by atoms with Crippen molar-refractivity contribution in [1.29, 1.82) is 0 Å². The SMILES string of the molecule is O=C(Nc1ccc(Cl)cc1)C1CCN(Cc2cc3ccccc3n2Cc2cccc(Cl)c2)CC1. The average molecular weight is 492 g/mol. The number of nitrogens with zero attached hydrogens (tertiary/aromatic N) is 2. The van der Waals surface area contributed by atoms with E-state index in [0.29, 0.717) is 5.02 Å². The van der Waals surface area contributed by atoms with Crippen LogP contribution in [0.25, 0.3) is 10.9 Å². The molecule has 1 aromatic heterocycles. The Morgan fingerprint density at radius 2 is 1.62 bits per heavy atom. The fourth-order valence-corrected chi connectivity index (χ4v) is 5.10. The second kappa shape index (κ2) is 10.2. The van der Waals surface area contributed by atoms with Gasteiger partial charge in [0.1, 0.15) is 0 Å². The highest BCUT2D eigenvalue weighted by molar-refractivity contribution is 6.30. The summed E-state index contributed by atoms with van der Waals surface area (Å²) in [4.78, 5) is 15.2. The number of rotatable bonds is 6. The molecule has 174 valence electrons. The fraction of sp³-hybridized carbons (Fsp3) is 0.250.